The number of carbonyl (C=O) groups excluding carboxylic acids is 4. The van der Waals surface area contributed by atoms with Crippen LogP contribution in [-0.4, -0.2) is 37.1 Å². The molecule has 0 N–H and O–H groups in total. The fourth-order valence-electron chi connectivity index (χ4n) is 4.66. The van der Waals surface area contributed by atoms with Gasteiger partial charge in [0.15, 0.2) is 5.78 Å². The van der Waals surface area contributed by atoms with Crippen molar-refractivity contribution in [3.05, 3.63) is 58.7 Å². The van der Waals surface area contributed by atoms with Crippen molar-refractivity contribution in [1.82, 2.24) is 0 Å². The Hall–Kier alpha value is -3.68. The summed E-state index contributed by atoms with van der Waals surface area (Å²) in [5.74, 6) is -1.21. The van der Waals surface area contributed by atoms with E-state index in [-0.39, 0.29) is 47.0 Å². The largest absolute Gasteiger partial charge is 0.513 e. The van der Waals surface area contributed by atoms with Gasteiger partial charge in [-0.25, -0.2) is 9.59 Å². The summed E-state index contributed by atoms with van der Waals surface area (Å²) >= 11 is 0. The summed E-state index contributed by atoms with van der Waals surface area (Å²) in [5.41, 5.74) is 0.0454. The minimum Gasteiger partial charge on any atom is -0.434 e. The maximum absolute atomic E-state index is 13.6. The van der Waals surface area contributed by atoms with Crippen molar-refractivity contribution in [2.45, 2.75) is 90.9 Å². The number of rotatable bonds is 16. The number of unbranched alkanes of at least 4 members (excludes halogenated alkanes) is 10. The Morgan fingerprint density at radius 2 is 0.950 bits per heavy atom. The topological polar surface area (TPSA) is 105 Å². The molecule has 8 heteroatoms. The van der Waals surface area contributed by atoms with E-state index in [9.17, 15) is 19.2 Å². The average Bonchev–Trinajstić information content (AvgIpc) is 2.94. The summed E-state index contributed by atoms with van der Waals surface area (Å²) in [7, 11) is 0. The molecule has 1 aliphatic carbocycles. The van der Waals surface area contributed by atoms with Crippen molar-refractivity contribution >= 4 is 23.9 Å². The lowest BCUT2D eigenvalue weighted by atomic mass is 9.83. The van der Waals surface area contributed by atoms with Crippen molar-refractivity contribution in [1.29, 1.82) is 0 Å². The van der Waals surface area contributed by atoms with Crippen molar-refractivity contribution in [2.75, 3.05) is 13.2 Å². The van der Waals surface area contributed by atoms with E-state index in [4.69, 9.17) is 18.9 Å². The van der Waals surface area contributed by atoms with Crippen molar-refractivity contribution in [2.24, 2.45) is 0 Å². The molecule has 2 aromatic rings. The molecule has 8 nitrogen and oxygen atoms in total. The second kappa shape index (κ2) is 16.4. The zero-order valence-corrected chi connectivity index (χ0v) is 23.6. The Balaban J connectivity index is 1.64. The second-order valence-electron chi connectivity index (χ2n) is 9.95. The minimum atomic E-state index is -0.948. The molecule has 0 heterocycles. The summed E-state index contributed by atoms with van der Waals surface area (Å²) in [6.07, 6.45) is 10.6. The first-order valence-electron chi connectivity index (χ1n) is 14.5. The molecule has 2 aromatic carbocycles. The van der Waals surface area contributed by atoms with E-state index in [1.807, 2.05) is 0 Å². The summed E-state index contributed by atoms with van der Waals surface area (Å²) in [6, 6.07) is 8.92. The lowest BCUT2D eigenvalue weighted by molar-refractivity contribution is 0.0921. The summed E-state index contributed by atoms with van der Waals surface area (Å²) in [6.45, 7) is 4.71. The number of ketones is 2. The molecule has 0 amide bonds. The lowest BCUT2D eigenvalue weighted by Crippen LogP contribution is -2.24. The highest BCUT2D eigenvalue weighted by atomic mass is 16.7. The third kappa shape index (κ3) is 8.66. The average molecular weight is 553 g/mol. The van der Waals surface area contributed by atoms with E-state index in [2.05, 4.69) is 13.8 Å². The monoisotopic (exact) mass is 552 g/mol. The first-order valence-corrected chi connectivity index (χ1v) is 14.5. The van der Waals surface area contributed by atoms with Crippen LogP contribution in [0.5, 0.6) is 11.5 Å². The van der Waals surface area contributed by atoms with Gasteiger partial charge in [0, 0.05) is 11.1 Å². The summed E-state index contributed by atoms with van der Waals surface area (Å²) in [4.78, 5) is 51.6. The molecule has 0 bridgehead atoms. The number of ether oxygens (including phenoxy) is 4. The molecule has 0 unspecified atom stereocenters. The maximum Gasteiger partial charge on any atom is 0.513 e. The van der Waals surface area contributed by atoms with Crippen LogP contribution in [0.1, 0.15) is 123 Å². The van der Waals surface area contributed by atoms with Crippen LogP contribution >= 0.6 is 0 Å². The van der Waals surface area contributed by atoms with Gasteiger partial charge in [0.25, 0.3) is 0 Å². The van der Waals surface area contributed by atoms with E-state index in [1.54, 1.807) is 0 Å². The molecule has 0 saturated carbocycles. The molecule has 0 fully saturated rings. The summed E-state index contributed by atoms with van der Waals surface area (Å²) in [5, 5.41) is 0. The molecule has 3 rings (SSSR count). The Morgan fingerprint density at radius 1 is 0.550 bits per heavy atom. The predicted molar refractivity (Wildman–Crippen MR) is 150 cm³/mol. The van der Waals surface area contributed by atoms with Gasteiger partial charge in [-0.15, -0.1) is 0 Å². The van der Waals surface area contributed by atoms with Gasteiger partial charge in [-0.1, -0.05) is 102 Å². The van der Waals surface area contributed by atoms with Gasteiger partial charge < -0.3 is 18.9 Å². The van der Waals surface area contributed by atoms with Gasteiger partial charge in [0.2, 0.25) is 5.78 Å². The standard InChI is InChI=1S/C32H40O8/c1-3-5-7-9-11-13-21-37-31(35)39-25-19-15-17-23-27(25)30(34)28-24(29(23)33)18-16-20-26(28)40-32(36)38-22-14-12-10-8-6-4-2/h15-20H,3-14,21-22H2,1-2H3. The first-order chi connectivity index (χ1) is 19.5. The molecule has 216 valence electrons. The van der Waals surface area contributed by atoms with Gasteiger partial charge in [-0.05, 0) is 25.0 Å². The number of hydrogen-bond donors (Lipinski definition) is 0. The zero-order chi connectivity index (χ0) is 28.7. The number of hydrogen-bond acceptors (Lipinski definition) is 8. The molecule has 1 aliphatic rings. The van der Waals surface area contributed by atoms with Crippen LogP contribution in [0.3, 0.4) is 0 Å². The van der Waals surface area contributed by atoms with Crippen LogP contribution < -0.4 is 9.47 Å². The van der Waals surface area contributed by atoms with Gasteiger partial charge in [-0.2, -0.15) is 0 Å². The number of fused-ring (bicyclic) bond motifs is 2. The fourth-order valence-corrected chi connectivity index (χ4v) is 4.66. The van der Waals surface area contributed by atoms with Crippen molar-refractivity contribution in [3.8, 4) is 11.5 Å². The van der Waals surface area contributed by atoms with Crippen molar-refractivity contribution < 1.29 is 38.1 Å². The number of benzene rings is 2. The van der Waals surface area contributed by atoms with Gasteiger partial charge in [0.05, 0.1) is 24.3 Å². The highest BCUT2D eigenvalue weighted by Crippen LogP contribution is 2.37. The molecule has 0 atom stereocenters. The highest BCUT2D eigenvalue weighted by molar-refractivity contribution is 6.30. The second-order valence-corrected chi connectivity index (χ2v) is 9.95. The van der Waals surface area contributed by atoms with Gasteiger partial charge in [-0.3, -0.25) is 9.59 Å². The third-order valence-electron chi connectivity index (χ3n) is 6.82. The lowest BCUT2D eigenvalue weighted by Gasteiger charge is -2.21. The first kappa shape index (κ1) is 30.9. The van der Waals surface area contributed by atoms with E-state index in [0.717, 1.165) is 51.4 Å². The third-order valence-corrected chi connectivity index (χ3v) is 6.82. The van der Waals surface area contributed by atoms with Crippen LogP contribution in [0.4, 0.5) is 9.59 Å². The van der Waals surface area contributed by atoms with Crippen LogP contribution in [0, 0.1) is 0 Å². The molecular formula is C32H40O8. The Labute approximate surface area is 236 Å². The van der Waals surface area contributed by atoms with E-state index in [1.165, 1.54) is 49.2 Å². The molecule has 0 aromatic heterocycles. The molecule has 0 saturated heterocycles. The van der Waals surface area contributed by atoms with Crippen LogP contribution in [0.15, 0.2) is 36.4 Å². The normalized spacial score (nSPS) is 11.9. The van der Waals surface area contributed by atoms with E-state index in [0.29, 0.717) is 12.8 Å². The zero-order valence-electron chi connectivity index (χ0n) is 23.6. The van der Waals surface area contributed by atoms with Crippen LogP contribution in [-0.2, 0) is 9.47 Å². The maximum atomic E-state index is 13.6. The smallest absolute Gasteiger partial charge is 0.434 e. The molecule has 0 radical (unpaired) electrons. The predicted octanol–water partition coefficient (Wildman–Crippen LogP) is 8.21. The van der Waals surface area contributed by atoms with Gasteiger partial charge >= 0.3 is 12.3 Å². The molecule has 0 aliphatic heterocycles. The quantitative estimate of drug-likeness (QED) is 0.0994. The molecule has 0 spiro atoms. The Bertz CT molecular complexity index is 1080. The Morgan fingerprint density at radius 3 is 1.38 bits per heavy atom. The van der Waals surface area contributed by atoms with E-state index >= 15 is 0 Å². The van der Waals surface area contributed by atoms with E-state index < -0.39 is 23.9 Å². The highest BCUT2D eigenvalue weighted by Gasteiger charge is 2.36. The molecular weight excluding hydrogens is 512 g/mol. The van der Waals surface area contributed by atoms with Crippen LogP contribution in [0.25, 0.3) is 0 Å². The Kier molecular flexibility index (Phi) is 12.7. The SMILES string of the molecule is CCCCCCCCOC(=O)Oc1cccc2c1C(=O)c1c(OC(=O)OCCCCCCCC)cccc1C2=O. The fraction of sp³-hybridized carbons (Fsp3) is 0.500. The number of carbonyl (C=O) groups is 4. The van der Waals surface area contributed by atoms with Crippen LogP contribution in [0.2, 0.25) is 0 Å². The summed E-state index contributed by atoms with van der Waals surface area (Å²) < 4.78 is 21.1. The minimum absolute atomic E-state index is 0.0759. The van der Waals surface area contributed by atoms with Gasteiger partial charge in [0.1, 0.15) is 11.5 Å². The van der Waals surface area contributed by atoms with Crippen molar-refractivity contribution in [3.63, 3.8) is 0 Å². The molecule has 40 heavy (non-hydrogen) atoms.